The number of aliphatic hydroxyl groups is 7. The Hall–Kier alpha value is -1.62. The molecule has 2 fully saturated rings. The Morgan fingerprint density at radius 1 is 0.788 bits per heavy atom. The molecule has 2 heterocycles. The molecule has 9 N–H and O–H groups in total. The average molecular weight is 478 g/mol. The second-order valence-corrected chi connectivity index (χ2v) is 8.13. The highest BCUT2D eigenvalue weighted by atomic mass is 16.7. The quantitative estimate of drug-likeness (QED) is 0.177. The van der Waals surface area contributed by atoms with Crippen molar-refractivity contribution in [1.82, 2.24) is 0 Å². The summed E-state index contributed by atoms with van der Waals surface area (Å²) < 4.78 is 21.5. The van der Waals surface area contributed by atoms with Crippen molar-refractivity contribution in [3.8, 4) is 11.5 Å². The van der Waals surface area contributed by atoms with Crippen molar-refractivity contribution in [1.29, 1.82) is 0 Å². The summed E-state index contributed by atoms with van der Waals surface area (Å²) in [4.78, 5) is 0. The molecule has 0 amide bonds. The Kier molecular flexibility index (Phi) is 8.47. The molecule has 0 aromatic heterocycles. The molecule has 2 aliphatic heterocycles. The lowest BCUT2D eigenvalue weighted by Gasteiger charge is -2.42. The minimum atomic E-state index is -1.70. The van der Waals surface area contributed by atoms with Gasteiger partial charge >= 0.3 is 0 Å². The van der Waals surface area contributed by atoms with E-state index in [9.17, 15) is 46.0 Å². The molecule has 33 heavy (non-hydrogen) atoms. The molecule has 0 bridgehead atoms. The monoisotopic (exact) mass is 478 g/mol. The van der Waals surface area contributed by atoms with Gasteiger partial charge in [-0.2, -0.15) is 0 Å². The topological polar surface area (TPSA) is 219 Å². The minimum absolute atomic E-state index is 0.203. The largest absolute Gasteiger partial charge is 0.504 e. The van der Waals surface area contributed by atoms with Crippen molar-refractivity contribution >= 4 is 0 Å². The third-order valence-corrected chi connectivity index (χ3v) is 5.70. The molecular formula is C20H30O13. The van der Waals surface area contributed by atoms with Gasteiger partial charge in [-0.1, -0.05) is 6.07 Å². The van der Waals surface area contributed by atoms with E-state index in [1.807, 2.05) is 0 Å². The van der Waals surface area contributed by atoms with Gasteiger partial charge < -0.3 is 64.9 Å². The van der Waals surface area contributed by atoms with Crippen LogP contribution in [0, 0.1) is 0 Å². The summed E-state index contributed by atoms with van der Waals surface area (Å²) in [7, 11) is 0. The number of hydrogen-bond donors (Lipinski definition) is 9. The predicted molar refractivity (Wildman–Crippen MR) is 106 cm³/mol. The Labute approximate surface area is 188 Å². The van der Waals surface area contributed by atoms with Gasteiger partial charge in [-0.3, -0.25) is 0 Å². The lowest BCUT2D eigenvalue weighted by Crippen LogP contribution is -2.61. The van der Waals surface area contributed by atoms with Crippen LogP contribution in [0.15, 0.2) is 18.2 Å². The Balaban J connectivity index is 1.58. The van der Waals surface area contributed by atoms with Gasteiger partial charge in [0.05, 0.1) is 19.3 Å². The first-order valence-corrected chi connectivity index (χ1v) is 10.3. The van der Waals surface area contributed by atoms with E-state index in [4.69, 9.17) is 18.9 Å². The summed E-state index contributed by atoms with van der Waals surface area (Å²) in [5.41, 5.74) is 0.203. The predicted octanol–water partition coefficient (Wildman–Crippen LogP) is -3.20. The van der Waals surface area contributed by atoms with Crippen molar-refractivity contribution in [3.63, 3.8) is 0 Å². The fourth-order valence-corrected chi connectivity index (χ4v) is 3.56. The molecule has 3 rings (SSSR count). The summed E-state index contributed by atoms with van der Waals surface area (Å²) in [6.45, 7) is 0.579. The summed E-state index contributed by atoms with van der Waals surface area (Å²) in [6.07, 6.45) is -15.7. The molecule has 188 valence electrons. The van der Waals surface area contributed by atoms with Gasteiger partial charge in [0.2, 0.25) is 0 Å². The lowest BCUT2D eigenvalue weighted by molar-refractivity contribution is -0.329. The first kappa shape index (κ1) is 26.0. The van der Waals surface area contributed by atoms with E-state index in [1.54, 1.807) is 0 Å². The number of phenols is 2. The number of aliphatic hydroxyl groups excluding tert-OH is 7. The number of benzene rings is 1. The highest BCUT2D eigenvalue weighted by molar-refractivity contribution is 5.41. The Bertz CT molecular complexity index is 778. The smallest absolute Gasteiger partial charge is 0.186 e. The molecule has 1 aromatic rings. The van der Waals surface area contributed by atoms with E-state index in [-0.39, 0.29) is 11.3 Å². The van der Waals surface area contributed by atoms with Crippen LogP contribution in [0.3, 0.4) is 0 Å². The van der Waals surface area contributed by atoms with Crippen LogP contribution in [-0.2, 0) is 18.9 Å². The summed E-state index contributed by atoms with van der Waals surface area (Å²) in [6, 6.07) is 3.64. The van der Waals surface area contributed by atoms with E-state index in [0.29, 0.717) is 0 Å². The van der Waals surface area contributed by atoms with Gasteiger partial charge in [-0.25, -0.2) is 0 Å². The third-order valence-electron chi connectivity index (χ3n) is 5.70. The SMILES string of the molecule is C[C@@H]1O[C@@H](OC[C@H]2O[C@@H](OC[C@H](O)c3ccc(O)c(O)c3)[C@H](O)[C@@H](O)[C@@H]2O)[C@H](O)[C@H](O)[C@H]1O. The number of hydrogen-bond acceptors (Lipinski definition) is 13. The molecule has 0 spiro atoms. The van der Waals surface area contributed by atoms with Crippen molar-refractivity contribution in [3.05, 3.63) is 23.8 Å². The Morgan fingerprint density at radius 2 is 1.39 bits per heavy atom. The first-order valence-electron chi connectivity index (χ1n) is 10.3. The molecule has 13 nitrogen and oxygen atoms in total. The van der Waals surface area contributed by atoms with Gasteiger partial charge in [0.15, 0.2) is 24.1 Å². The van der Waals surface area contributed by atoms with Crippen molar-refractivity contribution in [2.75, 3.05) is 13.2 Å². The van der Waals surface area contributed by atoms with Gasteiger partial charge in [-0.15, -0.1) is 0 Å². The molecule has 0 aliphatic carbocycles. The fraction of sp³-hybridized carbons (Fsp3) is 0.700. The van der Waals surface area contributed by atoms with E-state index >= 15 is 0 Å². The molecule has 1 aromatic carbocycles. The van der Waals surface area contributed by atoms with Crippen LogP contribution in [0.2, 0.25) is 0 Å². The van der Waals surface area contributed by atoms with Crippen LogP contribution in [0.1, 0.15) is 18.6 Å². The van der Waals surface area contributed by atoms with Crippen molar-refractivity contribution < 1.29 is 64.9 Å². The summed E-state index contributed by atoms with van der Waals surface area (Å²) in [5.74, 6) is -0.823. The molecular weight excluding hydrogens is 448 g/mol. The highest BCUT2D eigenvalue weighted by Gasteiger charge is 2.47. The Morgan fingerprint density at radius 3 is 2.03 bits per heavy atom. The summed E-state index contributed by atoms with van der Waals surface area (Å²) >= 11 is 0. The van der Waals surface area contributed by atoms with Crippen LogP contribution in [-0.4, -0.2) is 121 Å². The molecule has 2 aliphatic rings. The van der Waals surface area contributed by atoms with Crippen LogP contribution >= 0.6 is 0 Å². The van der Waals surface area contributed by atoms with Crippen molar-refractivity contribution in [2.24, 2.45) is 0 Å². The van der Waals surface area contributed by atoms with Crippen LogP contribution in [0.4, 0.5) is 0 Å². The molecule has 0 radical (unpaired) electrons. The number of aromatic hydroxyl groups is 2. The lowest BCUT2D eigenvalue weighted by atomic mass is 9.98. The summed E-state index contributed by atoms with van der Waals surface area (Å²) in [5, 5.41) is 89.3. The zero-order chi connectivity index (χ0) is 24.4. The van der Waals surface area contributed by atoms with Crippen LogP contribution < -0.4 is 0 Å². The number of phenolic OH excluding ortho intramolecular Hbond substituents is 2. The molecule has 0 unspecified atom stereocenters. The third kappa shape index (κ3) is 5.72. The maximum absolute atomic E-state index is 10.2. The maximum atomic E-state index is 10.2. The molecule has 0 saturated carbocycles. The van der Waals surface area contributed by atoms with Crippen LogP contribution in [0.25, 0.3) is 0 Å². The molecule has 13 heteroatoms. The second-order valence-electron chi connectivity index (χ2n) is 8.13. The fourth-order valence-electron chi connectivity index (χ4n) is 3.56. The second kappa shape index (κ2) is 10.8. The molecule has 11 atom stereocenters. The number of ether oxygens (including phenoxy) is 4. The van der Waals surface area contributed by atoms with Crippen molar-refractivity contribution in [2.45, 2.75) is 74.4 Å². The first-order chi connectivity index (χ1) is 15.5. The normalized spacial score (nSPS) is 40.5. The molecule has 2 saturated heterocycles. The van der Waals surface area contributed by atoms with E-state index in [1.165, 1.54) is 19.1 Å². The number of rotatable bonds is 7. The van der Waals surface area contributed by atoms with Gasteiger partial charge in [0.1, 0.15) is 48.8 Å². The van der Waals surface area contributed by atoms with Gasteiger partial charge in [0, 0.05) is 0 Å². The van der Waals surface area contributed by atoms with Gasteiger partial charge in [-0.05, 0) is 24.6 Å². The standard InChI is InChI=1S/C20H30O13/c1-7-13(24)15(26)17(28)19(32-7)31-6-12-14(25)16(27)18(29)20(33-12)30-5-11(23)8-2-3-9(21)10(22)4-8/h2-4,7,11-29H,5-6H2,1H3/t7-,11-,12+,13-,14+,15+,16-,17+,18+,19+,20+/m0/s1. The zero-order valence-electron chi connectivity index (χ0n) is 17.7. The van der Waals surface area contributed by atoms with E-state index < -0.39 is 86.5 Å². The highest BCUT2D eigenvalue weighted by Crippen LogP contribution is 2.29. The van der Waals surface area contributed by atoms with Crippen LogP contribution in [0.5, 0.6) is 11.5 Å². The maximum Gasteiger partial charge on any atom is 0.186 e. The average Bonchev–Trinajstić information content (AvgIpc) is 2.79. The zero-order valence-corrected chi connectivity index (χ0v) is 17.7. The van der Waals surface area contributed by atoms with E-state index in [2.05, 4.69) is 0 Å². The van der Waals surface area contributed by atoms with Gasteiger partial charge in [0.25, 0.3) is 0 Å². The minimum Gasteiger partial charge on any atom is -0.504 e. The van der Waals surface area contributed by atoms with E-state index in [0.717, 1.165) is 6.07 Å².